The number of benzene rings is 13. The molecule has 16 aromatic rings. The van der Waals surface area contributed by atoms with E-state index in [9.17, 15) is 0 Å². The van der Waals surface area contributed by atoms with Crippen LogP contribution >= 0.6 is 11.7 Å². The van der Waals surface area contributed by atoms with Crippen LogP contribution in [0.5, 0.6) is 0 Å². The number of nitrogens with zero attached hydrogens (tertiary/aromatic N) is 4. The molecule has 13 aromatic carbocycles. The van der Waals surface area contributed by atoms with Crippen molar-refractivity contribution in [2.75, 3.05) is 4.90 Å². The van der Waals surface area contributed by atoms with E-state index in [0.717, 1.165) is 94.6 Å². The minimum Gasteiger partial charge on any atom is -0.456 e. The highest BCUT2D eigenvalue weighted by Crippen LogP contribution is 2.45. The smallest absolute Gasteiger partial charge is 0.136 e. The van der Waals surface area contributed by atoms with Gasteiger partial charge in [0.25, 0.3) is 0 Å². The molecule has 3 aromatic heterocycles. The summed E-state index contributed by atoms with van der Waals surface area (Å²) in [4.78, 5) is 2.31. The molecule has 0 atom stereocenters. The van der Waals surface area contributed by atoms with Crippen molar-refractivity contribution in [3.05, 3.63) is 302 Å². The Morgan fingerprint density at radius 1 is 0.315 bits per heavy atom. The number of anilines is 3. The first-order chi connectivity index (χ1) is 44.8. The molecule has 0 saturated carbocycles. The van der Waals surface area contributed by atoms with E-state index in [4.69, 9.17) is 13.2 Å². The number of rotatable bonds is 11. The second kappa shape index (κ2) is 22.5. The van der Waals surface area contributed by atoms with Crippen LogP contribution in [0.25, 0.3) is 138 Å². The van der Waals surface area contributed by atoms with Gasteiger partial charge >= 0.3 is 0 Å². The van der Waals surface area contributed by atoms with Crippen LogP contribution in [0.1, 0.15) is 52.7 Å². The molecular weight excluding hydrogens is 1140 g/mol. The fourth-order valence-electron chi connectivity index (χ4n) is 13.3. The molecule has 16 rings (SSSR count). The summed E-state index contributed by atoms with van der Waals surface area (Å²) >= 11 is 1.25. The Morgan fingerprint density at radius 2 is 0.707 bits per heavy atom. The van der Waals surface area contributed by atoms with Gasteiger partial charge in [0, 0.05) is 44.2 Å². The Labute approximate surface area is 541 Å². The highest BCUT2D eigenvalue weighted by atomic mass is 32.1. The first-order valence-electron chi connectivity index (χ1n) is 31.7. The van der Waals surface area contributed by atoms with Crippen molar-refractivity contribution in [1.29, 1.82) is 0 Å². The van der Waals surface area contributed by atoms with Gasteiger partial charge in [-0.2, -0.15) is 8.75 Å². The van der Waals surface area contributed by atoms with Crippen molar-refractivity contribution in [3.8, 4) is 83.6 Å². The zero-order valence-corrected chi connectivity index (χ0v) is 53.1. The van der Waals surface area contributed by atoms with Gasteiger partial charge in [-0.05, 0) is 185 Å². The molecule has 442 valence electrons. The highest BCUT2D eigenvalue weighted by Gasteiger charge is 2.23. The normalized spacial score (nSPS) is 12.0. The summed E-state index contributed by atoms with van der Waals surface area (Å²) in [6, 6.07) is 106. The Hall–Kier alpha value is -10.9. The Bertz CT molecular complexity index is 5240. The molecule has 0 bridgehead atoms. The Balaban J connectivity index is 0.753. The minimum atomic E-state index is 0.105. The molecule has 92 heavy (non-hydrogen) atoms. The Morgan fingerprint density at radius 3 is 1.22 bits per heavy atom. The van der Waals surface area contributed by atoms with E-state index in [-0.39, 0.29) is 10.8 Å². The number of aromatic nitrogens is 3. The molecule has 0 aliphatic rings. The predicted octanol–water partition coefficient (Wildman–Crippen LogP) is 24.4. The first-order valence-corrected chi connectivity index (χ1v) is 32.4. The lowest BCUT2D eigenvalue weighted by atomic mass is 9.86. The van der Waals surface area contributed by atoms with E-state index in [1.54, 1.807) is 0 Å². The molecule has 0 fully saturated rings. The van der Waals surface area contributed by atoms with Crippen LogP contribution in [0.15, 0.2) is 296 Å². The van der Waals surface area contributed by atoms with E-state index in [0.29, 0.717) is 0 Å². The van der Waals surface area contributed by atoms with Crippen LogP contribution in [-0.4, -0.2) is 13.3 Å². The number of hydrogen-bond donors (Lipinski definition) is 0. The molecule has 0 aliphatic heterocycles. The van der Waals surface area contributed by atoms with E-state index >= 15 is 0 Å². The van der Waals surface area contributed by atoms with Gasteiger partial charge in [-0.25, -0.2) is 0 Å². The second-order valence-corrected chi connectivity index (χ2v) is 26.9. The molecule has 0 spiro atoms. The van der Waals surface area contributed by atoms with Gasteiger partial charge in [0.2, 0.25) is 0 Å². The van der Waals surface area contributed by atoms with E-state index in [2.05, 4.69) is 330 Å². The molecule has 0 saturated heterocycles. The molecule has 6 heteroatoms. The Kier molecular flexibility index (Phi) is 13.8. The van der Waals surface area contributed by atoms with Gasteiger partial charge in [0.15, 0.2) is 0 Å². The van der Waals surface area contributed by atoms with Crippen molar-refractivity contribution in [2.24, 2.45) is 0 Å². The predicted molar refractivity (Wildman–Crippen MR) is 389 cm³/mol. The summed E-state index contributed by atoms with van der Waals surface area (Å²) in [6.07, 6.45) is 0. The third-order valence-corrected chi connectivity index (χ3v) is 19.0. The summed E-state index contributed by atoms with van der Waals surface area (Å²) in [7, 11) is 0. The lowest BCUT2D eigenvalue weighted by Crippen LogP contribution is -2.10. The number of hydrogen-bond acceptors (Lipinski definition) is 5. The number of para-hydroxylation sites is 1. The number of furan rings is 1. The molecular formula is C86H66N4OS. The van der Waals surface area contributed by atoms with Crippen LogP contribution in [-0.2, 0) is 10.8 Å². The summed E-state index contributed by atoms with van der Waals surface area (Å²) in [5.41, 5.74) is 28.9. The molecule has 0 unspecified atom stereocenters. The van der Waals surface area contributed by atoms with Gasteiger partial charge in [-0.1, -0.05) is 242 Å². The molecule has 0 N–H and O–H groups in total. The van der Waals surface area contributed by atoms with Crippen molar-refractivity contribution >= 4 is 83.6 Å². The maximum Gasteiger partial charge on any atom is 0.136 e. The maximum absolute atomic E-state index is 6.31. The standard InChI is InChI=1S/C86H66N4OS/c1-85(2,3)68-37-24-58(25-38-68)56-16-20-61(21-17-56)65-35-49-78-76(52-65)77-53-66(62-22-18-57(19-23-62)59-26-39-69(40-27-59)86(4,5)6)36-50-79(77)90(78)72-45-32-64(33-46-72)73-48-51-80(84-83(73)87-92-88-84)89(70-41-28-60(29-42-70)55-12-8-7-9-13-55)71-43-30-63(31-44-71)67-34-47-75-74-14-10-11-15-81(74)91-82(75)54-67/h7-54H,1-6H3. The van der Waals surface area contributed by atoms with E-state index < -0.39 is 0 Å². The average Bonchev–Trinajstić information content (AvgIpc) is 1.57. The molecule has 5 nitrogen and oxygen atoms in total. The van der Waals surface area contributed by atoms with Crippen LogP contribution in [0.2, 0.25) is 0 Å². The monoisotopic (exact) mass is 1200 g/mol. The zero-order chi connectivity index (χ0) is 62.2. The second-order valence-electron chi connectivity index (χ2n) is 26.4. The largest absolute Gasteiger partial charge is 0.456 e. The van der Waals surface area contributed by atoms with Crippen LogP contribution in [0.4, 0.5) is 17.1 Å². The zero-order valence-electron chi connectivity index (χ0n) is 52.3. The van der Waals surface area contributed by atoms with Gasteiger partial charge in [-0.15, -0.1) is 0 Å². The quantitative estimate of drug-likeness (QED) is 0.129. The number of fused-ring (bicyclic) bond motifs is 7. The van der Waals surface area contributed by atoms with Gasteiger partial charge in [0.1, 0.15) is 22.2 Å². The van der Waals surface area contributed by atoms with Crippen LogP contribution < -0.4 is 4.90 Å². The molecule has 3 heterocycles. The summed E-state index contributed by atoms with van der Waals surface area (Å²) in [5.74, 6) is 0. The SMILES string of the molecule is CC(C)(C)c1ccc(-c2ccc(-c3ccc4c(c3)c3cc(-c5ccc(-c6ccc(C(C)(C)C)cc6)cc5)ccc3n4-c3ccc(-c4ccc(N(c5ccc(-c6ccccc6)cc5)c5ccc(-c6ccc7c(c6)oc6ccccc67)cc5)c5nsnc45)cc3)cc2)cc1. The molecule has 0 radical (unpaired) electrons. The minimum absolute atomic E-state index is 0.105. The fourth-order valence-corrected chi connectivity index (χ4v) is 13.9. The van der Waals surface area contributed by atoms with Crippen LogP contribution in [0.3, 0.4) is 0 Å². The molecule has 0 amide bonds. The lowest BCUT2D eigenvalue weighted by Gasteiger charge is -2.26. The topological polar surface area (TPSA) is 47.1 Å². The van der Waals surface area contributed by atoms with Gasteiger partial charge < -0.3 is 13.9 Å². The van der Waals surface area contributed by atoms with E-state index in [1.807, 2.05) is 12.1 Å². The maximum atomic E-state index is 6.31. The third-order valence-electron chi connectivity index (χ3n) is 18.5. The lowest BCUT2D eigenvalue weighted by molar-refractivity contribution is 0.590. The van der Waals surface area contributed by atoms with Crippen molar-refractivity contribution < 1.29 is 4.42 Å². The molecule has 0 aliphatic carbocycles. The highest BCUT2D eigenvalue weighted by molar-refractivity contribution is 7.00. The summed E-state index contributed by atoms with van der Waals surface area (Å²) in [5, 5.41) is 4.64. The fraction of sp³-hybridized carbons (Fsp3) is 0.0930. The average molecular weight is 1200 g/mol. The summed E-state index contributed by atoms with van der Waals surface area (Å²) in [6.45, 7) is 13.6. The third kappa shape index (κ3) is 10.3. The summed E-state index contributed by atoms with van der Waals surface area (Å²) < 4.78 is 18.8. The van der Waals surface area contributed by atoms with Crippen molar-refractivity contribution in [1.82, 2.24) is 13.3 Å². The van der Waals surface area contributed by atoms with E-state index in [1.165, 1.54) is 83.7 Å². The van der Waals surface area contributed by atoms with Crippen molar-refractivity contribution in [3.63, 3.8) is 0 Å². The van der Waals surface area contributed by atoms with Gasteiger partial charge in [0.05, 0.1) is 28.4 Å². The van der Waals surface area contributed by atoms with Crippen molar-refractivity contribution in [2.45, 2.75) is 52.4 Å². The van der Waals surface area contributed by atoms with Gasteiger partial charge in [-0.3, -0.25) is 0 Å². The van der Waals surface area contributed by atoms with Crippen LogP contribution in [0, 0.1) is 0 Å². The first kappa shape index (κ1) is 56.3.